The first-order valence-electron chi connectivity index (χ1n) is 6.96. The molecule has 102 valence electrons. The Morgan fingerprint density at radius 2 is 2.26 bits per heavy atom. The number of benzene rings is 1. The summed E-state index contributed by atoms with van der Waals surface area (Å²) in [6, 6.07) is 5.71. The molecule has 3 nitrogen and oxygen atoms in total. The number of ether oxygens (including phenoxy) is 2. The lowest BCUT2D eigenvalue weighted by molar-refractivity contribution is 0.0850. The quantitative estimate of drug-likeness (QED) is 0.784. The molecule has 19 heavy (non-hydrogen) atoms. The molecule has 3 heteroatoms. The van der Waals surface area contributed by atoms with Crippen molar-refractivity contribution < 1.29 is 14.3 Å². The summed E-state index contributed by atoms with van der Waals surface area (Å²) in [4.78, 5) is 12.6. The van der Waals surface area contributed by atoms with E-state index < -0.39 is 5.60 Å². The van der Waals surface area contributed by atoms with Gasteiger partial charge in [0.2, 0.25) is 0 Å². The molecule has 0 amide bonds. The Labute approximate surface area is 113 Å². The Bertz CT molecular complexity index is 521. The van der Waals surface area contributed by atoms with Gasteiger partial charge in [-0.1, -0.05) is 13.8 Å². The second kappa shape index (κ2) is 4.34. The largest absolute Gasteiger partial charge is 0.497 e. The number of carbonyl (C=O) groups excluding carboxylic acids is 1. The van der Waals surface area contributed by atoms with Crippen LogP contribution in [0.5, 0.6) is 5.75 Å². The minimum absolute atomic E-state index is 0.121. The fourth-order valence-corrected chi connectivity index (χ4v) is 3.09. The van der Waals surface area contributed by atoms with E-state index in [2.05, 4.69) is 13.8 Å². The third-order valence-corrected chi connectivity index (χ3v) is 4.21. The average Bonchev–Trinajstić information content (AvgIpc) is 3.07. The molecule has 1 saturated heterocycles. The van der Waals surface area contributed by atoms with E-state index >= 15 is 0 Å². The maximum absolute atomic E-state index is 12.6. The summed E-state index contributed by atoms with van der Waals surface area (Å²) in [6.45, 7) is 4.34. The number of rotatable bonds is 3. The zero-order chi connectivity index (χ0) is 13.6. The van der Waals surface area contributed by atoms with Gasteiger partial charge in [-0.3, -0.25) is 4.79 Å². The molecule has 0 unspecified atom stereocenters. The van der Waals surface area contributed by atoms with Gasteiger partial charge in [-0.05, 0) is 48.9 Å². The number of aryl methyl sites for hydroxylation is 1. The minimum Gasteiger partial charge on any atom is -0.497 e. The van der Waals surface area contributed by atoms with Gasteiger partial charge in [0.25, 0.3) is 0 Å². The molecule has 1 fully saturated rings. The first-order valence-corrected chi connectivity index (χ1v) is 6.96. The number of carbonyl (C=O) groups is 1. The average molecular weight is 260 g/mol. The van der Waals surface area contributed by atoms with Gasteiger partial charge in [-0.25, -0.2) is 0 Å². The van der Waals surface area contributed by atoms with E-state index in [1.165, 1.54) is 0 Å². The molecule has 3 rings (SSSR count). The maximum Gasteiger partial charge on any atom is 0.197 e. The highest BCUT2D eigenvalue weighted by Gasteiger charge is 2.62. The van der Waals surface area contributed by atoms with E-state index in [0.29, 0.717) is 5.92 Å². The second-order valence-corrected chi connectivity index (χ2v) is 5.98. The number of hydrogen-bond acceptors (Lipinski definition) is 3. The van der Waals surface area contributed by atoms with Gasteiger partial charge in [-0.15, -0.1) is 0 Å². The Kier molecular flexibility index (Phi) is 2.90. The summed E-state index contributed by atoms with van der Waals surface area (Å²) in [5, 5.41) is 0. The van der Waals surface area contributed by atoms with Crippen molar-refractivity contribution >= 4 is 5.78 Å². The maximum atomic E-state index is 12.6. The van der Waals surface area contributed by atoms with E-state index in [4.69, 9.17) is 9.47 Å². The van der Waals surface area contributed by atoms with Gasteiger partial charge < -0.3 is 9.47 Å². The van der Waals surface area contributed by atoms with E-state index in [-0.39, 0.29) is 11.9 Å². The van der Waals surface area contributed by atoms with Crippen molar-refractivity contribution in [3.8, 4) is 5.75 Å². The standard InChI is InChI=1S/C16H20O3/c1-10(2)8-14-16(19-14)7-6-11-9-12(18-3)4-5-13(11)15(16)17/h4-5,9-10,14H,6-8H2,1-3H3/t14-,16+/m1/s1. The van der Waals surface area contributed by atoms with Crippen LogP contribution in [0, 0.1) is 5.92 Å². The van der Waals surface area contributed by atoms with Crippen molar-refractivity contribution in [2.75, 3.05) is 7.11 Å². The second-order valence-electron chi connectivity index (χ2n) is 5.98. The lowest BCUT2D eigenvalue weighted by Gasteiger charge is -2.21. The summed E-state index contributed by atoms with van der Waals surface area (Å²) in [5.41, 5.74) is 1.40. The Morgan fingerprint density at radius 3 is 2.95 bits per heavy atom. The third-order valence-electron chi connectivity index (χ3n) is 4.21. The summed E-state index contributed by atoms with van der Waals surface area (Å²) >= 11 is 0. The van der Waals surface area contributed by atoms with Crippen LogP contribution in [0.15, 0.2) is 18.2 Å². The molecule has 1 aromatic carbocycles. The number of fused-ring (bicyclic) bond motifs is 1. The molecule has 1 aromatic rings. The van der Waals surface area contributed by atoms with Crippen LogP contribution >= 0.6 is 0 Å². The SMILES string of the molecule is COc1ccc2c(c1)CC[C@@]1(O[C@@H]1CC(C)C)C2=O. The predicted molar refractivity (Wildman–Crippen MR) is 72.7 cm³/mol. The lowest BCUT2D eigenvalue weighted by atomic mass is 9.79. The highest BCUT2D eigenvalue weighted by atomic mass is 16.6. The number of Topliss-reactive ketones (excluding diaryl/α,β-unsaturated/α-hetero) is 1. The monoisotopic (exact) mass is 260 g/mol. The van der Waals surface area contributed by atoms with Crippen LogP contribution in [-0.4, -0.2) is 24.6 Å². The van der Waals surface area contributed by atoms with Crippen LogP contribution in [0.2, 0.25) is 0 Å². The molecule has 0 radical (unpaired) electrons. The van der Waals surface area contributed by atoms with E-state index in [9.17, 15) is 4.79 Å². The summed E-state index contributed by atoms with van der Waals surface area (Å²) < 4.78 is 11.0. The summed E-state index contributed by atoms with van der Waals surface area (Å²) in [5.74, 6) is 1.55. The molecule has 0 saturated carbocycles. The fraction of sp³-hybridized carbons (Fsp3) is 0.562. The number of ketones is 1. The smallest absolute Gasteiger partial charge is 0.197 e. The van der Waals surface area contributed by atoms with E-state index in [1.54, 1.807) is 7.11 Å². The molecule has 1 spiro atoms. The van der Waals surface area contributed by atoms with Crippen LogP contribution < -0.4 is 4.74 Å². The normalized spacial score (nSPS) is 28.6. The Morgan fingerprint density at radius 1 is 1.47 bits per heavy atom. The molecule has 2 atom stereocenters. The Hall–Kier alpha value is -1.35. The fourth-order valence-electron chi connectivity index (χ4n) is 3.09. The summed E-state index contributed by atoms with van der Waals surface area (Å²) in [7, 11) is 1.65. The molecule has 1 aliphatic heterocycles. The zero-order valence-electron chi connectivity index (χ0n) is 11.7. The third kappa shape index (κ3) is 1.96. The minimum atomic E-state index is -0.508. The summed E-state index contributed by atoms with van der Waals surface area (Å²) in [6.07, 6.45) is 2.79. The Balaban J connectivity index is 1.86. The van der Waals surface area contributed by atoms with Crippen LogP contribution in [0.4, 0.5) is 0 Å². The highest BCUT2D eigenvalue weighted by molar-refractivity contribution is 6.07. The molecular weight excluding hydrogens is 240 g/mol. The van der Waals surface area contributed by atoms with Crippen molar-refractivity contribution in [1.82, 2.24) is 0 Å². The van der Waals surface area contributed by atoms with Crippen molar-refractivity contribution in [1.29, 1.82) is 0 Å². The lowest BCUT2D eigenvalue weighted by Crippen LogP contribution is -2.33. The molecule has 0 N–H and O–H groups in total. The van der Waals surface area contributed by atoms with Crippen LogP contribution in [-0.2, 0) is 11.2 Å². The van der Waals surface area contributed by atoms with Crippen molar-refractivity contribution in [2.45, 2.75) is 44.8 Å². The number of epoxide rings is 1. The van der Waals surface area contributed by atoms with Gasteiger partial charge in [0.05, 0.1) is 13.2 Å². The van der Waals surface area contributed by atoms with Gasteiger partial charge in [0, 0.05) is 5.56 Å². The number of methoxy groups -OCH3 is 1. The van der Waals surface area contributed by atoms with Crippen LogP contribution in [0.1, 0.15) is 42.6 Å². The van der Waals surface area contributed by atoms with Crippen molar-refractivity contribution in [3.05, 3.63) is 29.3 Å². The van der Waals surface area contributed by atoms with Gasteiger partial charge in [0.1, 0.15) is 5.75 Å². The highest BCUT2D eigenvalue weighted by Crippen LogP contribution is 2.49. The molecule has 0 aromatic heterocycles. The molecule has 1 heterocycles. The first-order chi connectivity index (χ1) is 9.06. The van der Waals surface area contributed by atoms with E-state index in [0.717, 1.165) is 36.1 Å². The van der Waals surface area contributed by atoms with Gasteiger partial charge >= 0.3 is 0 Å². The predicted octanol–water partition coefficient (Wildman–Crippen LogP) is 3.01. The molecule has 2 aliphatic rings. The molecule has 0 bridgehead atoms. The van der Waals surface area contributed by atoms with Gasteiger partial charge in [0.15, 0.2) is 11.4 Å². The zero-order valence-corrected chi connectivity index (χ0v) is 11.7. The van der Waals surface area contributed by atoms with E-state index in [1.807, 2.05) is 18.2 Å². The first kappa shape index (κ1) is 12.7. The van der Waals surface area contributed by atoms with Crippen molar-refractivity contribution in [3.63, 3.8) is 0 Å². The van der Waals surface area contributed by atoms with Crippen molar-refractivity contribution in [2.24, 2.45) is 5.92 Å². The van der Waals surface area contributed by atoms with Crippen LogP contribution in [0.3, 0.4) is 0 Å². The topological polar surface area (TPSA) is 38.8 Å². The molecular formula is C16H20O3. The molecule has 1 aliphatic carbocycles. The van der Waals surface area contributed by atoms with Gasteiger partial charge in [-0.2, -0.15) is 0 Å². The number of hydrogen-bond donors (Lipinski definition) is 0. The van der Waals surface area contributed by atoms with Crippen LogP contribution in [0.25, 0.3) is 0 Å².